The monoisotopic (exact) mass is 215 g/mol. The zero-order valence-corrected chi connectivity index (χ0v) is 8.02. The van der Waals surface area contributed by atoms with Gasteiger partial charge in [0.05, 0.1) is 0 Å². The van der Waals surface area contributed by atoms with Crippen molar-refractivity contribution in [2.75, 3.05) is 13.6 Å². The maximum absolute atomic E-state index is 10.9. The fourth-order valence-electron chi connectivity index (χ4n) is 0.522. The van der Waals surface area contributed by atoms with Gasteiger partial charge in [-0.05, 0) is 11.3 Å². The lowest BCUT2D eigenvalue weighted by Crippen LogP contribution is -2.25. The molecule has 0 bridgehead atoms. The van der Waals surface area contributed by atoms with Gasteiger partial charge in [-0.25, -0.2) is 0 Å². The number of hydrogen-bond acceptors (Lipinski definition) is 1. The molecule has 0 saturated carbocycles. The Morgan fingerprint density at radius 3 is 2.91 bits per heavy atom. The Bertz CT molecular complexity index is 202. The fraction of sp³-hybridized carbons (Fsp3) is 0.375. The second-order valence-electron chi connectivity index (χ2n) is 2.02. The number of nitrogens with zero attached hydrogens (tertiary/aromatic N) is 1. The van der Waals surface area contributed by atoms with E-state index in [1.807, 2.05) is 0 Å². The Balaban J connectivity index is 3.79. The Hall–Kier alpha value is -0.750. The molecular weight excluding hydrogens is 206 g/mol. The summed E-state index contributed by atoms with van der Waals surface area (Å²) in [6.45, 7) is 4.23. The molecule has 2 nitrogen and oxygen atoms in total. The lowest BCUT2D eigenvalue weighted by atomic mass is 10.4. The van der Waals surface area contributed by atoms with Crippen molar-refractivity contribution in [3.8, 4) is 10.8 Å². The van der Waals surface area contributed by atoms with E-state index in [4.69, 9.17) is 0 Å². The molecule has 11 heavy (non-hydrogen) atoms. The molecule has 0 unspecified atom stereocenters. The summed E-state index contributed by atoms with van der Waals surface area (Å²) in [4.78, 5) is 14.9. The predicted octanol–water partition coefficient (Wildman–Crippen LogP) is 1.38. The largest absolute Gasteiger partial charge is 0.335 e. The summed E-state index contributed by atoms with van der Waals surface area (Å²) in [6, 6.07) is 0. The Morgan fingerprint density at radius 2 is 2.45 bits per heavy atom. The molecule has 0 aromatic heterocycles. The van der Waals surface area contributed by atoms with Crippen molar-refractivity contribution >= 4 is 21.8 Å². The molecule has 0 aromatic rings. The first-order valence-electron chi connectivity index (χ1n) is 3.20. The second-order valence-corrected chi connectivity index (χ2v) is 2.42. The van der Waals surface area contributed by atoms with Crippen LogP contribution in [0.3, 0.4) is 0 Å². The van der Waals surface area contributed by atoms with Gasteiger partial charge in [0.15, 0.2) is 0 Å². The highest BCUT2D eigenvalue weighted by Crippen LogP contribution is 1.88. The van der Waals surface area contributed by atoms with Crippen molar-refractivity contribution in [3.05, 3.63) is 12.7 Å². The van der Waals surface area contributed by atoms with Crippen LogP contribution >= 0.6 is 15.9 Å². The Morgan fingerprint density at radius 1 is 1.82 bits per heavy atom. The number of amides is 1. The van der Waals surface area contributed by atoms with E-state index < -0.39 is 0 Å². The molecule has 0 fully saturated rings. The van der Waals surface area contributed by atoms with E-state index in [9.17, 15) is 4.79 Å². The average molecular weight is 216 g/mol. The van der Waals surface area contributed by atoms with E-state index in [2.05, 4.69) is 33.3 Å². The van der Waals surface area contributed by atoms with Crippen LogP contribution < -0.4 is 0 Å². The van der Waals surface area contributed by atoms with Crippen LogP contribution in [0.2, 0.25) is 0 Å². The number of halogens is 1. The minimum Gasteiger partial charge on any atom is -0.335 e. The Labute approximate surface area is 75.4 Å². The molecule has 0 aromatic carbocycles. The Kier molecular flexibility index (Phi) is 5.58. The van der Waals surface area contributed by atoms with Crippen LogP contribution in [0, 0.1) is 10.8 Å². The van der Waals surface area contributed by atoms with Gasteiger partial charge >= 0.3 is 0 Å². The third-order valence-corrected chi connectivity index (χ3v) is 1.37. The number of rotatable bonds is 3. The van der Waals surface area contributed by atoms with E-state index >= 15 is 0 Å². The summed E-state index contributed by atoms with van der Waals surface area (Å²) in [5.41, 5.74) is 0. The molecule has 0 aliphatic rings. The van der Waals surface area contributed by atoms with E-state index in [-0.39, 0.29) is 5.91 Å². The van der Waals surface area contributed by atoms with E-state index in [1.54, 1.807) is 18.0 Å². The molecule has 3 heteroatoms. The summed E-state index contributed by atoms with van der Waals surface area (Å²) >= 11 is 2.86. The number of hydrogen-bond donors (Lipinski definition) is 0. The van der Waals surface area contributed by atoms with Crippen LogP contribution in [-0.4, -0.2) is 24.4 Å². The van der Waals surface area contributed by atoms with Crippen molar-refractivity contribution in [2.24, 2.45) is 0 Å². The molecule has 0 heterocycles. The topological polar surface area (TPSA) is 20.3 Å². The summed E-state index contributed by atoms with van der Waals surface area (Å²) in [6.07, 6.45) is 2.57. The van der Waals surface area contributed by atoms with Crippen LogP contribution in [0.25, 0.3) is 0 Å². The van der Waals surface area contributed by atoms with Crippen molar-refractivity contribution < 1.29 is 4.79 Å². The normalized spacial score (nSPS) is 7.82. The zero-order chi connectivity index (χ0) is 8.69. The van der Waals surface area contributed by atoms with Gasteiger partial charge in [-0.3, -0.25) is 4.79 Å². The first-order chi connectivity index (χ1) is 5.22. The summed E-state index contributed by atoms with van der Waals surface area (Å²) in [7, 11) is 1.71. The average Bonchev–Trinajstić information content (AvgIpc) is 2.00. The van der Waals surface area contributed by atoms with Gasteiger partial charge in [0, 0.05) is 35.4 Å². The summed E-state index contributed by atoms with van der Waals surface area (Å²) < 4.78 is 0. The minimum atomic E-state index is -0.177. The molecule has 0 N–H and O–H groups in total. The van der Waals surface area contributed by atoms with Crippen molar-refractivity contribution in [1.82, 2.24) is 4.90 Å². The molecule has 0 atom stereocenters. The molecule has 0 radical (unpaired) electrons. The highest BCUT2D eigenvalue weighted by molar-refractivity contribution is 9.12. The van der Waals surface area contributed by atoms with Crippen molar-refractivity contribution in [3.63, 3.8) is 0 Å². The van der Waals surface area contributed by atoms with Gasteiger partial charge in [0.25, 0.3) is 5.91 Å². The minimum absolute atomic E-state index is 0.177. The van der Waals surface area contributed by atoms with Crippen LogP contribution in [0.1, 0.15) is 6.42 Å². The molecule has 1 amide bonds. The third-order valence-electron chi connectivity index (χ3n) is 1.17. The van der Waals surface area contributed by atoms with Gasteiger partial charge in [-0.1, -0.05) is 6.08 Å². The first kappa shape index (κ1) is 10.2. The standard InChI is InChI=1S/C8H10BrNO/c1-3-4-7-10(2)8(11)5-6-9/h3H,1,4,7H2,2H3. The van der Waals surface area contributed by atoms with Crippen LogP contribution in [0.15, 0.2) is 12.7 Å². The molecule has 0 spiro atoms. The second kappa shape index (κ2) is 5.99. The molecule has 60 valence electrons. The summed E-state index contributed by atoms with van der Waals surface area (Å²) in [5.74, 6) is 2.20. The van der Waals surface area contributed by atoms with Crippen LogP contribution in [-0.2, 0) is 4.79 Å². The van der Waals surface area contributed by atoms with Crippen LogP contribution in [0.4, 0.5) is 0 Å². The molecular formula is C8H10BrNO. The highest BCUT2D eigenvalue weighted by atomic mass is 79.9. The van der Waals surface area contributed by atoms with Gasteiger partial charge in [-0.15, -0.1) is 6.58 Å². The van der Waals surface area contributed by atoms with Gasteiger partial charge in [0.2, 0.25) is 0 Å². The molecule has 0 aliphatic heterocycles. The molecule has 0 rings (SSSR count). The van der Waals surface area contributed by atoms with Gasteiger partial charge < -0.3 is 4.90 Å². The number of carbonyl (C=O) groups excluding carboxylic acids is 1. The van der Waals surface area contributed by atoms with Crippen molar-refractivity contribution in [1.29, 1.82) is 0 Å². The SMILES string of the molecule is C=CCCN(C)C(=O)C#CBr. The van der Waals surface area contributed by atoms with Crippen molar-refractivity contribution in [2.45, 2.75) is 6.42 Å². The number of carbonyl (C=O) groups is 1. The van der Waals surface area contributed by atoms with Gasteiger partial charge in [-0.2, -0.15) is 0 Å². The van der Waals surface area contributed by atoms with Gasteiger partial charge in [0.1, 0.15) is 0 Å². The molecule has 0 aliphatic carbocycles. The van der Waals surface area contributed by atoms with E-state index in [0.717, 1.165) is 6.42 Å². The smallest absolute Gasteiger partial charge is 0.299 e. The van der Waals surface area contributed by atoms with E-state index in [0.29, 0.717) is 6.54 Å². The maximum atomic E-state index is 10.9. The highest BCUT2D eigenvalue weighted by Gasteiger charge is 2.01. The zero-order valence-electron chi connectivity index (χ0n) is 6.43. The fourth-order valence-corrected chi connectivity index (χ4v) is 0.692. The third kappa shape index (κ3) is 4.63. The quantitative estimate of drug-likeness (QED) is 0.515. The lowest BCUT2D eigenvalue weighted by molar-refractivity contribution is -0.123. The summed E-state index contributed by atoms with van der Waals surface area (Å²) in [5, 5.41) is 0. The first-order valence-corrected chi connectivity index (χ1v) is 3.99. The van der Waals surface area contributed by atoms with Crippen LogP contribution in [0.5, 0.6) is 0 Å². The maximum Gasteiger partial charge on any atom is 0.299 e. The molecule has 0 saturated heterocycles. The lowest BCUT2D eigenvalue weighted by Gasteiger charge is -2.11. The van der Waals surface area contributed by atoms with E-state index in [1.165, 1.54) is 0 Å². The predicted molar refractivity (Wildman–Crippen MR) is 49.2 cm³/mol.